The van der Waals surface area contributed by atoms with Gasteiger partial charge in [-0.15, -0.1) is 24.0 Å². The van der Waals surface area contributed by atoms with Crippen LogP contribution in [0.1, 0.15) is 39.0 Å². The fourth-order valence-corrected chi connectivity index (χ4v) is 4.23. The van der Waals surface area contributed by atoms with Gasteiger partial charge in [0.1, 0.15) is 0 Å². The molecule has 1 aliphatic carbocycles. The molecule has 1 saturated carbocycles. The molecular formula is C22H35F2IN4O. The van der Waals surface area contributed by atoms with Gasteiger partial charge < -0.3 is 20.3 Å². The predicted octanol–water partition coefficient (Wildman–Crippen LogP) is 4.17. The summed E-state index contributed by atoms with van der Waals surface area (Å²) in [4.78, 5) is 6.97. The number of nitrogens with zero attached hydrogens (tertiary/aromatic N) is 2. The van der Waals surface area contributed by atoms with E-state index in [-0.39, 0.29) is 24.0 Å². The number of guanidine groups is 1. The zero-order valence-electron chi connectivity index (χ0n) is 18.1. The highest BCUT2D eigenvalue weighted by atomic mass is 127. The molecule has 2 fully saturated rings. The number of methoxy groups -OCH3 is 1. The van der Waals surface area contributed by atoms with Crippen molar-refractivity contribution in [1.29, 1.82) is 0 Å². The molecule has 1 saturated heterocycles. The molecule has 0 bridgehead atoms. The molecular weight excluding hydrogens is 501 g/mol. The lowest BCUT2D eigenvalue weighted by atomic mass is 9.67. The van der Waals surface area contributed by atoms with Crippen molar-refractivity contribution in [3.63, 3.8) is 0 Å². The molecule has 0 radical (unpaired) electrons. The van der Waals surface area contributed by atoms with E-state index in [1.807, 2.05) is 0 Å². The standard InChI is InChI=1S/C22H34F2N4O.HI/c1-3-25-21(27-16-22(8-4-9-22)10-12-29-2)26-14-17-7-11-28(15-17)18-5-6-19(23)20(24)13-18;/h5-6,13,17H,3-4,7-12,14-16H2,1-2H3,(H2,25,26,27);1H. The van der Waals surface area contributed by atoms with Crippen molar-refractivity contribution in [2.75, 3.05) is 51.3 Å². The van der Waals surface area contributed by atoms with E-state index in [1.54, 1.807) is 13.2 Å². The van der Waals surface area contributed by atoms with Gasteiger partial charge in [0, 0.05) is 58.2 Å². The topological polar surface area (TPSA) is 48.9 Å². The first-order chi connectivity index (χ1) is 14.0. The molecule has 3 rings (SSSR count). The minimum atomic E-state index is -0.799. The van der Waals surface area contributed by atoms with E-state index in [0.29, 0.717) is 11.3 Å². The van der Waals surface area contributed by atoms with Crippen molar-refractivity contribution < 1.29 is 13.5 Å². The van der Waals surface area contributed by atoms with Gasteiger partial charge in [0.2, 0.25) is 0 Å². The second-order valence-corrected chi connectivity index (χ2v) is 8.37. The van der Waals surface area contributed by atoms with Gasteiger partial charge in [0.15, 0.2) is 17.6 Å². The molecule has 1 heterocycles. The number of hydrogen-bond donors (Lipinski definition) is 2. The van der Waals surface area contributed by atoms with Crippen LogP contribution in [0.3, 0.4) is 0 Å². The van der Waals surface area contributed by atoms with Gasteiger partial charge in [-0.05, 0) is 56.1 Å². The summed E-state index contributed by atoms with van der Waals surface area (Å²) in [5.41, 5.74) is 1.05. The third kappa shape index (κ3) is 6.67. The van der Waals surface area contributed by atoms with Crippen molar-refractivity contribution in [2.45, 2.75) is 39.0 Å². The number of nitrogens with one attached hydrogen (secondary N) is 2. The van der Waals surface area contributed by atoms with Gasteiger partial charge in [0.25, 0.3) is 0 Å². The molecule has 1 aliphatic heterocycles. The molecule has 5 nitrogen and oxygen atoms in total. The normalized spacial score (nSPS) is 20.5. The summed E-state index contributed by atoms with van der Waals surface area (Å²) < 4.78 is 32.0. The van der Waals surface area contributed by atoms with Crippen LogP contribution in [0.25, 0.3) is 0 Å². The SMILES string of the molecule is CCNC(=NCC1(CCOC)CCC1)NCC1CCN(c2ccc(F)c(F)c2)C1.I. The smallest absolute Gasteiger partial charge is 0.191 e. The molecule has 0 amide bonds. The minimum absolute atomic E-state index is 0. The van der Waals surface area contributed by atoms with Gasteiger partial charge in [-0.25, -0.2) is 8.78 Å². The number of ether oxygens (including phenoxy) is 1. The fraction of sp³-hybridized carbons (Fsp3) is 0.682. The lowest BCUT2D eigenvalue weighted by Gasteiger charge is -2.40. The third-order valence-corrected chi connectivity index (χ3v) is 6.28. The predicted molar refractivity (Wildman–Crippen MR) is 129 cm³/mol. The summed E-state index contributed by atoms with van der Waals surface area (Å²) in [6.07, 6.45) is 5.82. The molecule has 1 aromatic rings. The average Bonchev–Trinajstić information content (AvgIpc) is 3.16. The van der Waals surface area contributed by atoms with Gasteiger partial charge in [-0.2, -0.15) is 0 Å². The molecule has 2 aliphatic rings. The van der Waals surface area contributed by atoms with Gasteiger partial charge in [-0.3, -0.25) is 4.99 Å². The van der Waals surface area contributed by atoms with Crippen LogP contribution in [0.4, 0.5) is 14.5 Å². The van der Waals surface area contributed by atoms with Crippen LogP contribution in [0, 0.1) is 23.0 Å². The zero-order valence-corrected chi connectivity index (χ0v) is 20.4. The lowest BCUT2D eigenvalue weighted by molar-refractivity contribution is 0.0778. The zero-order chi connectivity index (χ0) is 20.7. The molecule has 1 aromatic carbocycles. The van der Waals surface area contributed by atoms with Crippen LogP contribution in [0.2, 0.25) is 0 Å². The van der Waals surface area contributed by atoms with Crippen LogP contribution in [-0.2, 0) is 4.74 Å². The highest BCUT2D eigenvalue weighted by molar-refractivity contribution is 14.0. The number of anilines is 1. The summed E-state index contributed by atoms with van der Waals surface area (Å²) in [5.74, 6) is -0.281. The molecule has 8 heteroatoms. The van der Waals surface area contributed by atoms with E-state index in [4.69, 9.17) is 9.73 Å². The maximum Gasteiger partial charge on any atom is 0.191 e. The second-order valence-electron chi connectivity index (χ2n) is 8.37. The van der Waals surface area contributed by atoms with Crippen molar-refractivity contribution in [2.24, 2.45) is 16.3 Å². The van der Waals surface area contributed by atoms with Crippen LogP contribution in [0.5, 0.6) is 0 Å². The van der Waals surface area contributed by atoms with E-state index in [9.17, 15) is 8.78 Å². The van der Waals surface area contributed by atoms with Gasteiger partial charge in [-0.1, -0.05) is 6.42 Å². The molecule has 0 spiro atoms. The summed E-state index contributed by atoms with van der Waals surface area (Å²) >= 11 is 0. The Labute approximate surface area is 196 Å². The second kappa shape index (κ2) is 12.0. The maximum atomic E-state index is 13.5. The minimum Gasteiger partial charge on any atom is -0.385 e. The van der Waals surface area contributed by atoms with E-state index < -0.39 is 11.6 Å². The van der Waals surface area contributed by atoms with Gasteiger partial charge in [0.05, 0.1) is 0 Å². The van der Waals surface area contributed by atoms with E-state index in [2.05, 4.69) is 22.5 Å². The number of hydrogen-bond acceptors (Lipinski definition) is 3. The summed E-state index contributed by atoms with van der Waals surface area (Å²) in [6.45, 7) is 7.01. The number of halogens is 3. The Morgan fingerprint density at radius 1 is 1.27 bits per heavy atom. The fourth-order valence-electron chi connectivity index (χ4n) is 4.23. The Kier molecular flexibility index (Phi) is 10.1. The Hall–Kier alpha value is -1.16. The van der Waals surface area contributed by atoms with Crippen LogP contribution in [0.15, 0.2) is 23.2 Å². The first-order valence-corrected chi connectivity index (χ1v) is 10.8. The summed E-state index contributed by atoms with van der Waals surface area (Å²) in [6, 6.07) is 4.14. The largest absolute Gasteiger partial charge is 0.385 e. The summed E-state index contributed by atoms with van der Waals surface area (Å²) in [5, 5.41) is 6.82. The van der Waals surface area contributed by atoms with E-state index in [1.165, 1.54) is 31.4 Å². The Bertz CT molecular complexity index is 700. The Morgan fingerprint density at radius 2 is 2.07 bits per heavy atom. The lowest BCUT2D eigenvalue weighted by Crippen LogP contribution is -2.42. The molecule has 0 aromatic heterocycles. The van der Waals surface area contributed by atoms with E-state index in [0.717, 1.165) is 63.8 Å². The average molecular weight is 536 g/mol. The molecule has 30 heavy (non-hydrogen) atoms. The van der Waals surface area contributed by atoms with Crippen LogP contribution in [-0.4, -0.2) is 52.4 Å². The van der Waals surface area contributed by atoms with Crippen molar-refractivity contribution in [1.82, 2.24) is 10.6 Å². The third-order valence-electron chi connectivity index (χ3n) is 6.28. The quantitative estimate of drug-likeness (QED) is 0.283. The maximum absolute atomic E-state index is 13.5. The molecule has 1 atom stereocenters. The number of aliphatic imine (C=N–C) groups is 1. The van der Waals surface area contributed by atoms with E-state index >= 15 is 0 Å². The molecule has 170 valence electrons. The highest BCUT2D eigenvalue weighted by Crippen LogP contribution is 2.44. The van der Waals surface area contributed by atoms with Crippen molar-refractivity contribution in [3.05, 3.63) is 29.8 Å². The first-order valence-electron chi connectivity index (χ1n) is 10.8. The van der Waals surface area contributed by atoms with Crippen LogP contribution >= 0.6 is 24.0 Å². The van der Waals surface area contributed by atoms with Crippen molar-refractivity contribution >= 4 is 35.6 Å². The number of rotatable bonds is 9. The molecule has 1 unspecified atom stereocenters. The Balaban J connectivity index is 0.00000320. The first kappa shape index (κ1) is 25.1. The monoisotopic (exact) mass is 536 g/mol. The van der Waals surface area contributed by atoms with Gasteiger partial charge >= 0.3 is 0 Å². The molecule has 2 N–H and O–H groups in total. The van der Waals surface area contributed by atoms with Crippen LogP contribution < -0.4 is 15.5 Å². The Morgan fingerprint density at radius 3 is 2.70 bits per heavy atom. The summed E-state index contributed by atoms with van der Waals surface area (Å²) in [7, 11) is 1.76. The highest BCUT2D eigenvalue weighted by Gasteiger charge is 2.36. The van der Waals surface area contributed by atoms with Crippen molar-refractivity contribution in [3.8, 4) is 0 Å². The number of benzene rings is 1.